The van der Waals surface area contributed by atoms with Crippen LogP contribution in [0.25, 0.3) is 0 Å². The quantitative estimate of drug-likeness (QED) is 0.452. The molecule has 64 valence electrons. The smallest absolute Gasteiger partial charge is 0.314 e. The van der Waals surface area contributed by atoms with Crippen molar-refractivity contribution in [2.24, 2.45) is 17.8 Å². The van der Waals surface area contributed by atoms with Crippen molar-refractivity contribution in [2.75, 3.05) is 0 Å². The zero-order chi connectivity index (χ0) is 8.72. The van der Waals surface area contributed by atoms with Crippen molar-refractivity contribution >= 4 is 11.8 Å². The van der Waals surface area contributed by atoms with Gasteiger partial charge in [-0.15, -0.1) is 0 Å². The molecular formula is C9H10O3. The maximum atomic E-state index is 11.1. The number of fused-ring (bicyclic) bond motifs is 1. The van der Waals surface area contributed by atoms with Crippen LogP contribution in [0, 0.1) is 17.8 Å². The van der Waals surface area contributed by atoms with Gasteiger partial charge in [0.15, 0.2) is 0 Å². The van der Waals surface area contributed by atoms with E-state index in [9.17, 15) is 9.59 Å². The molecule has 0 amide bonds. The summed E-state index contributed by atoms with van der Waals surface area (Å²) >= 11 is 0. The van der Waals surface area contributed by atoms with Crippen molar-refractivity contribution in [3.63, 3.8) is 0 Å². The summed E-state index contributed by atoms with van der Waals surface area (Å²) in [7, 11) is 0. The van der Waals surface area contributed by atoms with Crippen molar-refractivity contribution in [1.29, 1.82) is 0 Å². The Morgan fingerprint density at radius 1 is 1.67 bits per heavy atom. The predicted octanol–water partition coefficient (Wildman–Crippen LogP) is 0.898. The van der Waals surface area contributed by atoms with Gasteiger partial charge in [0.05, 0.1) is 12.2 Å². The van der Waals surface area contributed by atoms with Gasteiger partial charge in [0.1, 0.15) is 5.78 Å². The topological polar surface area (TPSA) is 43.4 Å². The second kappa shape index (κ2) is 2.44. The summed E-state index contributed by atoms with van der Waals surface area (Å²) in [5.41, 5.74) is 0. The second-order valence-electron chi connectivity index (χ2n) is 3.32. The first-order valence-electron chi connectivity index (χ1n) is 4.10. The summed E-state index contributed by atoms with van der Waals surface area (Å²) < 4.78 is 4.62. The molecule has 3 heteroatoms. The standard InChI is InChI=1S/C9H10O3/c1-2-12-9(11)8-5-3-4-6(10)7(5)8/h2,5,7-8H,1,3-4H2/t5-,7-,8+/m1/s1. The summed E-state index contributed by atoms with van der Waals surface area (Å²) in [4.78, 5) is 22.2. The van der Waals surface area contributed by atoms with Crippen LogP contribution in [0.3, 0.4) is 0 Å². The van der Waals surface area contributed by atoms with Crippen LogP contribution >= 0.6 is 0 Å². The third-order valence-electron chi connectivity index (χ3n) is 2.74. The Balaban J connectivity index is 1.99. The first-order valence-corrected chi connectivity index (χ1v) is 4.10. The van der Waals surface area contributed by atoms with Gasteiger partial charge >= 0.3 is 5.97 Å². The van der Waals surface area contributed by atoms with Crippen molar-refractivity contribution in [2.45, 2.75) is 12.8 Å². The Morgan fingerprint density at radius 2 is 2.42 bits per heavy atom. The monoisotopic (exact) mass is 166 g/mol. The number of esters is 1. The molecule has 12 heavy (non-hydrogen) atoms. The zero-order valence-corrected chi connectivity index (χ0v) is 6.66. The molecule has 2 saturated carbocycles. The number of ether oxygens (including phenoxy) is 1. The third-order valence-corrected chi connectivity index (χ3v) is 2.74. The van der Waals surface area contributed by atoms with Crippen LogP contribution in [-0.4, -0.2) is 11.8 Å². The Kier molecular flexibility index (Phi) is 1.53. The minimum Gasteiger partial charge on any atom is -0.435 e. The average molecular weight is 166 g/mol. The molecule has 3 nitrogen and oxygen atoms in total. The Morgan fingerprint density at radius 3 is 2.92 bits per heavy atom. The fourth-order valence-corrected chi connectivity index (χ4v) is 2.13. The van der Waals surface area contributed by atoms with Gasteiger partial charge in [0.2, 0.25) is 0 Å². The van der Waals surface area contributed by atoms with Crippen molar-refractivity contribution in [1.82, 2.24) is 0 Å². The van der Waals surface area contributed by atoms with Crippen LogP contribution in [0.1, 0.15) is 12.8 Å². The molecule has 0 heterocycles. The third kappa shape index (κ3) is 0.891. The zero-order valence-electron chi connectivity index (χ0n) is 6.66. The number of hydrogen-bond donors (Lipinski definition) is 0. The molecule has 2 rings (SSSR count). The molecule has 0 aromatic rings. The predicted molar refractivity (Wildman–Crippen MR) is 41.0 cm³/mol. The van der Waals surface area contributed by atoms with E-state index in [1.165, 1.54) is 0 Å². The summed E-state index contributed by atoms with van der Waals surface area (Å²) in [5, 5.41) is 0. The number of rotatable bonds is 2. The highest BCUT2D eigenvalue weighted by Gasteiger charge is 2.62. The normalized spacial score (nSPS) is 37.3. The van der Waals surface area contributed by atoms with Crippen molar-refractivity contribution in [3.05, 3.63) is 12.8 Å². The van der Waals surface area contributed by atoms with E-state index in [0.29, 0.717) is 6.42 Å². The molecule has 2 aliphatic rings. The second-order valence-corrected chi connectivity index (χ2v) is 3.32. The van der Waals surface area contributed by atoms with Gasteiger partial charge in [-0.2, -0.15) is 0 Å². The maximum Gasteiger partial charge on any atom is 0.314 e. The van der Waals surface area contributed by atoms with Crippen molar-refractivity contribution in [3.8, 4) is 0 Å². The molecule has 0 aliphatic heterocycles. The lowest BCUT2D eigenvalue weighted by molar-refractivity contribution is -0.141. The summed E-state index contributed by atoms with van der Waals surface area (Å²) in [6, 6.07) is 0. The molecule has 0 spiro atoms. The highest BCUT2D eigenvalue weighted by Crippen LogP contribution is 2.55. The number of Topliss-reactive ketones (excluding diaryl/α,β-unsaturated/α-hetero) is 1. The van der Waals surface area contributed by atoms with Crippen LogP contribution in [0.2, 0.25) is 0 Å². The summed E-state index contributed by atoms with van der Waals surface area (Å²) in [6.45, 7) is 3.30. The number of hydrogen-bond acceptors (Lipinski definition) is 3. The molecule has 0 unspecified atom stereocenters. The molecule has 2 fully saturated rings. The minimum atomic E-state index is -0.284. The van der Waals surface area contributed by atoms with Crippen LogP contribution in [0.4, 0.5) is 0 Å². The van der Waals surface area contributed by atoms with Gasteiger partial charge in [0, 0.05) is 12.3 Å². The van der Waals surface area contributed by atoms with E-state index in [1.807, 2.05) is 0 Å². The van der Waals surface area contributed by atoms with Gasteiger partial charge in [-0.3, -0.25) is 9.59 Å². The molecule has 0 N–H and O–H groups in total. The van der Waals surface area contributed by atoms with Gasteiger partial charge in [-0.25, -0.2) is 0 Å². The molecule has 3 atom stereocenters. The van der Waals surface area contributed by atoms with E-state index >= 15 is 0 Å². The minimum absolute atomic E-state index is 0.0163. The first kappa shape index (κ1) is 7.53. The van der Waals surface area contributed by atoms with Gasteiger partial charge < -0.3 is 4.74 Å². The fraction of sp³-hybridized carbons (Fsp3) is 0.556. The molecule has 2 aliphatic carbocycles. The van der Waals surface area contributed by atoms with E-state index in [0.717, 1.165) is 12.7 Å². The van der Waals surface area contributed by atoms with Crippen LogP contribution in [0.15, 0.2) is 12.8 Å². The van der Waals surface area contributed by atoms with Crippen molar-refractivity contribution < 1.29 is 14.3 Å². The van der Waals surface area contributed by atoms with Gasteiger partial charge in [-0.05, 0) is 12.3 Å². The maximum absolute atomic E-state index is 11.1. The first-order chi connectivity index (χ1) is 5.75. The van der Waals surface area contributed by atoms with Crippen LogP contribution in [0.5, 0.6) is 0 Å². The molecule has 0 aromatic carbocycles. The Bertz CT molecular complexity index is 256. The van der Waals surface area contributed by atoms with Gasteiger partial charge in [-0.1, -0.05) is 6.58 Å². The molecule has 0 bridgehead atoms. The number of carbonyl (C=O) groups excluding carboxylic acids is 2. The Hall–Kier alpha value is -1.12. The molecule has 0 saturated heterocycles. The highest BCUT2D eigenvalue weighted by atomic mass is 16.5. The van der Waals surface area contributed by atoms with Crippen LogP contribution in [-0.2, 0) is 14.3 Å². The average Bonchev–Trinajstić information content (AvgIpc) is 2.65. The SMILES string of the molecule is C=COC(=O)[C@H]1[C@@H]2CCC(=O)[C@@H]21. The molecule has 0 aromatic heterocycles. The van der Waals surface area contributed by atoms with Crippen LogP contribution < -0.4 is 0 Å². The molecular weight excluding hydrogens is 156 g/mol. The summed E-state index contributed by atoms with van der Waals surface area (Å²) in [5.74, 6) is 0.0608. The number of ketones is 1. The van der Waals surface area contributed by atoms with E-state index in [4.69, 9.17) is 0 Å². The largest absolute Gasteiger partial charge is 0.435 e. The van der Waals surface area contributed by atoms with E-state index in [1.54, 1.807) is 0 Å². The summed E-state index contributed by atoms with van der Waals surface area (Å²) in [6.07, 6.45) is 2.63. The lowest BCUT2D eigenvalue weighted by Gasteiger charge is -1.99. The highest BCUT2D eigenvalue weighted by molar-refractivity contribution is 5.94. The lowest BCUT2D eigenvalue weighted by Crippen LogP contribution is -2.10. The molecule has 0 radical (unpaired) electrons. The van der Waals surface area contributed by atoms with E-state index in [2.05, 4.69) is 11.3 Å². The van der Waals surface area contributed by atoms with E-state index in [-0.39, 0.29) is 29.5 Å². The Labute approximate surface area is 70.4 Å². The number of carbonyl (C=O) groups is 2. The fourth-order valence-electron chi connectivity index (χ4n) is 2.13. The van der Waals surface area contributed by atoms with Gasteiger partial charge in [0.25, 0.3) is 0 Å². The lowest BCUT2D eigenvalue weighted by atomic mass is 10.1. The van der Waals surface area contributed by atoms with E-state index < -0.39 is 0 Å².